The highest BCUT2D eigenvalue weighted by Gasteiger charge is 2.37. The first kappa shape index (κ1) is 18.5. The Hall–Kier alpha value is -2.91. The van der Waals surface area contributed by atoms with Gasteiger partial charge in [0.15, 0.2) is 0 Å². The van der Waals surface area contributed by atoms with Gasteiger partial charge >= 0.3 is 6.18 Å². The molecular weight excluding hydrogens is 373 g/mol. The van der Waals surface area contributed by atoms with Gasteiger partial charge in [-0.2, -0.15) is 18.2 Å². The van der Waals surface area contributed by atoms with Gasteiger partial charge in [0, 0.05) is 37.2 Å². The van der Waals surface area contributed by atoms with Crippen LogP contribution >= 0.6 is 0 Å². The number of likely N-dealkylation sites (tertiary alicyclic amines) is 1. The smallest absolute Gasteiger partial charge is 0.368 e. The summed E-state index contributed by atoms with van der Waals surface area (Å²) in [6, 6.07) is 3.45. The highest BCUT2D eigenvalue weighted by atomic mass is 19.4. The van der Waals surface area contributed by atoms with E-state index < -0.39 is 11.7 Å². The van der Waals surface area contributed by atoms with Crippen molar-refractivity contribution in [2.24, 2.45) is 5.92 Å². The zero-order valence-electron chi connectivity index (χ0n) is 14.9. The number of nitrogens with one attached hydrogen (secondary N) is 1. The van der Waals surface area contributed by atoms with Crippen LogP contribution < -0.4 is 11.1 Å². The topological polar surface area (TPSA) is 97.0 Å². The molecule has 0 spiro atoms. The van der Waals surface area contributed by atoms with E-state index in [2.05, 4.69) is 20.3 Å². The van der Waals surface area contributed by atoms with E-state index in [-0.39, 0.29) is 35.3 Å². The molecule has 3 heterocycles. The molecule has 10 heteroatoms. The summed E-state index contributed by atoms with van der Waals surface area (Å²) in [5, 5.41) is 2.76. The fraction of sp³-hybridized carbons (Fsp3) is 0.444. The minimum absolute atomic E-state index is 0.0100. The largest absolute Gasteiger partial charge is 0.416 e. The van der Waals surface area contributed by atoms with Gasteiger partial charge in [-0.25, -0.2) is 9.97 Å². The van der Waals surface area contributed by atoms with Crippen LogP contribution in [0.4, 0.5) is 30.8 Å². The third-order valence-corrected chi connectivity index (χ3v) is 4.95. The van der Waals surface area contributed by atoms with Gasteiger partial charge < -0.3 is 16.0 Å². The molecule has 7 nitrogen and oxygen atoms in total. The van der Waals surface area contributed by atoms with Crippen LogP contribution in [-0.4, -0.2) is 38.8 Å². The number of anilines is 3. The third-order valence-electron chi connectivity index (χ3n) is 4.95. The number of rotatable bonds is 4. The SMILES string of the molecule is Nc1nc(Nc2cc(C(F)(F)F)ccn2)cc(C2CCN(C(=O)C3CC3)C2)n1. The summed E-state index contributed by atoms with van der Waals surface area (Å²) in [4.78, 5) is 26.3. The summed E-state index contributed by atoms with van der Waals surface area (Å²) in [6.45, 7) is 1.23. The van der Waals surface area contributed by atoms with Gasteiger partial charge in [0.2, 0.25) is 11.9 Å². The number of hydrogen-bond donors (Lipinski definition) is 2. The molecule has 0 aromatic carbocycles. The molecular formula is C18H19F3N6O. The Morgan fingerprint density at radius 1 is 1.18 bits per heavy atom. The molecule has 1 saturated heterocycles. The van der Waals surface area contributed by atoms with Crippen molar-refractivity contribution in [3.05, 3.63) is 35.7 Å². The first-order valence-electron chi connectivity index (χ1n) is 9.03. The van der Waals surface area contributed by atoms with Crippen molar-refractivity contribution in [3.8, 4) is 0 Å². The maximum atomic E-state index is 12.9. The third kappa shape index (κ3) is 4.00. The molecule has 0 radical (unpaired) electrons. The van der Waals surface area contributed by atoms with Gasteiger partial charge in [0.1, 0.15) is 11.6 Å². The van der Waals surface area contributed by atoms with Crippen LogP contribution in [0.1, 0.15) is 36.4 Å². The van der Waals surface area contributed by atoms with E-state index in [0.717, 1.165) is 37.6 Å². The first-order chi connectivity index (χ1) is 13.3. The quantitative estimate of drug-likeness (QED) is 0.830. The normalized spacial score (nSPS) is 19.7. The summed E-state index contributed by atoms with van der Waals surface area (Å²) in [7, 11) is 0. The predicted molar refractivity (Wildman–Crippen MR) is 95.6 cm³/mol. The van der Waals surface area contributed by atoms with Crippen LogP contribution in [0.25, 0.3) is 0 Å². The Morgan fingerprint density at radius 2 is 1.96 bits per heavy atom. The van der Waals surface area contributed by atoms with Crippen LogP contribution in [0.5, 0.6) is 0 Å². The monoisotopic (exact) mass is 392 g/mol. The average Bonchev–Trinajstić information content (AvgIpc) is 3.36. The van der Waals surface area contributed by atoms with Gasteiger partial charge in [-0.3, -0.25) is 4.79 Å². The van der Waals surface area contributed by atoms with Crippen molar-refractivity contribution in [2.45, 2.75) is 31.4 Å². The van der Waals surface area contributed by atoms with Crippen molar-refractivity contribution in [1.29, 1.82) is 0 Å². The zero-order valence-corrected chi connectivity index (χ0v) is 14.9. The standard InChI is InChI=1S/C18H19F3N6O/c19-18(20,21)12-3-5-23-14(7-12)25-15-8-13(24-17(22)26-15)11-4-6-27(9-11)16(28)10-1-2-10/h3,5,7-8,10-11H,1-2,4,6,9H2,(H3,22,23,24,25,26). The minimum atomic E-state index is -4.46. The van der Waals surface area contributed by atoms with Gasteiger partial charge in [0.05, 0.1) is 11.3 Å². The second-order valence-corrected chi connectivity index (χ2v) is 7.13. The van der Waals surface area contributed by atoms with Gasteiger partial charge in [-0.15, -0.1) is 0 Å². The molecule has 2 aromatic heterocycles. The second kappa shape index (κ2) is 6.92. The van der Waals surface area contributed by atoms with Gasteiger partial charge in [0.25, 0.3) is 0 Å². The lowest BCUT2D eigenvalue weighted by molar-refractivity contribution is -0.137. The van der Waals surface area contributed by atoms with E-state index in [1.54, 1.807) is 6.07 Å². The number of halogens is 3. The van der Waals surface area contributed by atoms with Crippen molar-refractivity contribution in [1.82, 2.24) is 19.9 Å². The number of nitrogen functional groups attached to an aromatic ring is 1. The van der Waals surface area contributed by atoms with Crippen LogP contribution in [0.2, 0.25) is 0 Å². The summed E-state index contributed by atoms with van der Waals surface area (Å²) < 4.78 is 38.6. The summed E-state index contributed by atoms with van der Waals surface area (Å²) >= 11 is 0. The van der Waals surface area contributed by atoms with E-state index in [0.29, 0.717) is 18.8 Å². The molecule has 1 unspecified atom stereocenters. The number of carbonyl (C=O) groups excluding carboxylic acids is 1. The molecule has 1 aliphatic heterocycles. The summed E-state index contributed by atoms with van der Waals surface area (Å²) in [6.07, 6.45) is -0.710. The van der Waals surface area contributed by atoms with E-state index >= 15 is 0 Å². The summed E-state index contributed by atoms with van der Waals surface area (Å²) in [5.74, 6) is 0.661. The number of pyridine rings is 1. The van der Waals surface area contributed by atoms with Crippen LogP contribution in [0.3, 0.4) is 0 Å². The molecule has 3 N–H and O–H groups in total. The fourth-order valence-corrected chi connectivity index (χ4v) is 3.36. The van der Waals surface area contributed by atoms with E-state index in [1.807, 2.05) is 4.90 Å². The second-order valence-electron chi connectivity index (χ2n) is 7.13. The molecule has 148 valence electrons. The molecule has 1 saturated carbocycles. The van der Waals surface area contributed by atoms with E-state index in [4.69, 9.17) is 5.73 Å². The number of nitrogens with two attached hydrogens (primary N) is 1. The Morgan fingerprint density at radius 3 is 2.68 bits per heavy atom. The lowest BCUT2D eigenvalue weighted by Crippen LogP contribution is -2.29. The average molecular weight is 392 g/mol. The molecule has 28 heavy (non-hydrogen) atoms. The lowest BCUT2D eigenvalue weighted by Gasteiger charge is -2.16. The molecule has 1 amide bonds. The van der Waals surface area contributed by atoms with Gasteiger partial charge in [-0.05, 0) is 31.4 Å². The Labute approximate surface area is 159 Å². The molecule has 1 aliphatic carbocycles. The fourth-order valence-electron chi connectivity index (χ4n) is 3.36. The summed E-state index contributed by atoms with van der Waals surface area (Å²) in [5.41, 5.74) is 5.64. The van der Waals surface area contributed by atoms with Crippen molar-refractivity contribution >= 4 is 23.5 Å². The zero-order chi connectivity index (χ0) is 19.9. The number of carbonyl (C=O) groups is 1. The Bertz CT molecular complexity index is 899. The number of nitrogens with zero attached hydrogens (tertiary/aromatic N) is 4. The van der Waals surface area contributed by atoms with Crippen molar-refractivity contribution < 1.29 is 18.0 Å². The van der Waals surface area contributed by atoms with Gasteiger partial charge in [-0.1, -0.05) is 0 Å². The minimum Gasteiger partial charge on any atom is -0.368 e. The number of amides is 1. The molecule has 4 rings (SSSR count). The van der Waals surface area contributed by atoms with Crippen LogP contribution in [0, 0.1) is 5.92 Å². The molecule has 0 bridgehead atoms. The molecule has 2 fully saturated rings. The van der Waals surface area contributed by atoms with Crippen molar-refractivity contribution in [3.63, 3.8) is 0 Å². The molecule has 1 atom stereocenters. The van der Waals surface area contributed by atoms with Crippen LogP contribution in [0.15, 0.2) is 24.4 Å². The van der Waals surface area contributed by atoms with E-state index in [9.17, 15) is 18.0 Å². The number of aromatic nitrogens is 3. The van der Waals surface area contributed by atoms with Crippen LogP contribution in [-0.2, 0) is 11.0 Å². The maximum Gasteiger partial charge on any atom is 0.416 e. The highest BCUT2D eigenvalue weighted by Crippen LogP contribution is 2.35. The highest BCUT2D eigenvalue weighted by molar-refractivity contribution is 5.81. The molecule has 2 aromatic rings. The maximum absolute atomic E-state index is 12.9. The number of hydrogen-bond acceptors (Lipinski definition) is 6. The number of alkyl halides is 3. The predicted octanol–water partition coefficient (Wildman–Crippen LogP) is 2.94. The Balaban J connectivity index is 1.51. The lowest BCUT2D eigenvalue weighted by atomic mass is 10.0. The van der Waals surface area contributed by atoms with Crippen molar-refractivity contribution in [2.75, 3.05) is 24.1 Å². The molecule has 2 aliphatic rings. The van der Waals surface area contributed by atoms with E-state index in [1.165, 1.54) is 0 Å². The first-order valence-corrected chi connectivity index (χ1v) is 9.03. The Kier molecular flexibility index (Phi) is 4.56.